The van der Waals surface area contributed by atoms with Gasteiger partial charge in [0.15, 0.2) is 0 Å². The minimum absolute atomic E-state index is 0.0719. The van der Waals surface area contributed by atoms with Crippen molar-refractivity contribution >= 4 is 28.4 Å². The minimum Gasteiger partial charge on any atom is -0.350 e. The van der Waals surface area contributed by atoms with Crippen LogP contribution in [0.25, 0.3) is 10.9 Å². The van der Waals surface area contributed by atoms with Crippen LogP contribution in [0.2, 0.25) is 0 Å². The van der Waals surface area contributed by atoms with Crippen molar-refractivity contribution in [3.05, 3.63) is 83.8 Å². The van der Waals surface area contributed by atoms with Crippen molar-refractivity contribution < 1.29 is 9.59 Å². The summed E-state index contributed by atoms with van der Waals surface area (Å²) in [4.78, 5) is 25.3. The molecule has 4 aromatic rings. The van der Waals surface area contributed by atoms with Gasteiger partial charge in [-0.25, -0.2) is 0 Å². The van der Waals surface area contributed by atoms with Gasteiger partial charge in [0.2, 0.25) is 0 Å². The van der Waals surface area contributed by atoms with Crippen molar-refractivity contribution in [3.63, 3.8) is 0 Å². The van der Waals surface area contributed by atoms with Crippen LogP contribution in [0.5, 0.6) is 0 Å². The van der Waals surface area contributed by atoms with E-state index in [-0.39, 0.29) is 11.8 Å². The Balaban J connectivity index is 1.37. The second-order valence-corrected chi connectivity index (χ2v) is 8.10. The Labute approximate surface area is 179 Å². The molecule has 0 spiro atoms. The molecule has 2 amide bonds. The molecule has 7 nitrogen and oxygen atoms in total. The summed E-state index contributed by atoms with van der Waals surface area (Å²) in [6.07, 6.45) is 3.47. The number of amides is 2. The lowest BCUT2D eigenvalue weighted by Gasteiger charge is -2.11. The van der Waals surface area contributed by atoms with E-state index in [0.29, 0.717) is 36.0 Å². The van der Waals surface area contributed by atoms with Crippen LogP contribution in [0.1, 0.15) is 33.3 Å². The Morgan fingerprint density at radius 2 is 2.03 bits per heavy atom. The molecule has 0 saturated carbocycles. The molecule has 156 valence electrons. The lowest BCUT2D eigenvalue weighted by atomic mass is 10.1. The molecule has 2 N–H and O–H groups in total. The molecule has 2 aromatic heterocycles. The van der Waals surface area contributed by atoms with Gasteiger partial charge < -0.3 is 15.2 Å². The van der Waals surface area contributed by atoms with E-state index in [9.17, 15) is 9.59 Å². The van der Waals surface area contributed by atoms with Crippen molar-refractivity contribution in [2.75, 3.05) is 11.9 Å². The second-order valence-electron chi connectivity index (χ2n) is 8.10. The maximum atomic E-state index is 12.9. The Bertz CT molecular complexity index is 1270. The second kappa shape index (κ2) is 7.75. The summed E-state index contributed by atoms with van der Waals surface area (Å²) in [5.74, 6) is 0.0361. The first-order valence-corrected chi connectivity index (χ1v) is 10.4. The van der Waals surface area contributed by atoms with E-state index in [4.69, 9.17) is 0 Å². The zero-order chi connectivity index (χ0) is 21.4. The lowest BCUT2D eigenvalue weighted by molar-refractivity contribution is 0.0948. The van der Waals surface area contributed by atoms with Crippen molar-refractivity contribution in [1.82, 2.24) is 19.7 Å². The van der Waals surface area contributed by atoms with Gasteiger partial charge in [0, 0.05) is 35.8 Å². The Kier molecular flexibility index (Phi) is 4.78. The predicted molar refractivity (Wildman–Crippen MR) is 119 cm³/mol. The summed E-state index contributed by atoms with van der Waals surface area (Å²) in [5, 5.41) is 11.2. The van der Waals surface area contributed by atoms with Crippen LogP contribution in [-0.4, -0.2) is 32.7 Å². The molecular weight excluding hydrogens is 390 g/mol. The first kappa shape index (κ1) is 19.1. The number of benzene rings is 2. The van der Waals surface area contributed by atoms with Gasteiger partial charge in [-0.2, -0.15) is 5.10 Å². The number of rotatable bonds is 4. The van der Waals surface area contributed by atoms with E-state index in [1.807, 2.05) is 59.3 Å². The normalized spacial score (nSPS) is 15.9. The molecule has 0 fully saturated rings. The van der Waals surface area contributed by atoms with Crippen molar-refractivity contribution in [1.29, 1.82) is 0 Å². The number of nitrogens with one attached hydrogen (secondary N) is 2. The molecule has 3 heterocycles. The molecule has 31 heavy (non-hydrogen) atoms. The van der Waals surface area contributed by atoms with E-state index in [2.05, 4.69) is 22.7 Å². The molecule has 7 heteroatoms. The highest BCUT2D eigenvalue weighted by molar-refractivity contribution is 6.07. The standard InChI is InChI=1S/C24H23N5O2/c1-16-11-25-24(31)22-9-18-7-8-19(10-21(18)29(22)13-16)23(30)27-20-12-26-28(15-20)14-17-5-3-2-4-6-17/h2-10,12,15-16H,11,13-14H2,1H3,(H,25,31)(H,27,30). The summed E-state index contributed by atoms with van der Waals surface area (Å²) >= 11 is 0. The molecule has 0 radical (unpaired) electrons. The number of carbonyl (C=O) groups is 2. The van der Waals surface area contributed by atoms with Gasteiger partial charge >= 0.3 is 0 Å². The van der Waals surface area contributed by atoms with E-state index >= 15 is 0 Å². The molecule has 1 atom stereocenters. The molecule has 0 saturated heterocycles. The molecule has 1 unspecified atom stereocenters. The average molecular weight is 413 g/mol. The van der Waals surface area contributed by atoms with Crippen LogP contribution in [0, 0.1) is 5.92 Å². The van der Waals surface area contributed by atoms with E-state index in [0.717, 1.165) is 23.0 Å². The monoisotopic (exact) mass is 413 g/mol. The predicted octanol–water partition coefficient (Wildman–Crippen LogP) is 3.52. The average Bonchev–Trinajstić information content (AvgIpc) is 3.33. The van der Waals surface area contributed by atoms with Gasteiger partial charge in [-0.3, -0.25) is 14.3 Å². The SMILES string of the molecule is CC1CNC(=O)c2cc3ccc(C(=O)Nc4cnn(Cc5ccccc5)c4)cc3n2C1. The lowest BCUT2D eigenvalue weighted by Crippen LogP contribution is -2.25. The van der Waals surface area contributed by atoms with Gasteiger partial charge in [0.25, 0.3) is 11.8 Å². The number of hydrogen-bond donors (Lipinski definition) is 2. The maximum absolute atomic E-state index is 12.9. The van der Waals surface area contributed by atoms with E-state index in [1.54, 1.807) is 16.9 Å². The van der Waals surface area contributed by atoms with Crippen LogP contribution >= 0.6 is 0 Å². The minimum atomic E-state index is -0.206. The fraction of sp³-hybridized carbons (Fsp3) is 0.208. The van der Waals surface area contributed by atoms with E-state index in [1.165, 1.54) is 0 Å². The molecular formula is C24H23N5O2. The quantitative estimate of drug-likeness (QED) is 0.537. The Morgan fingerprint density at radius 3 is 2.87 bits per heavy atom. The van der Waals surface area contributed by atoms with Crippen molar-refractivity contribution in [2.24, 2.45) is 5.92 Å². The van der Waals surface area contributed by atoms with Gasteiger partial charge in [0.1, 0.15) is 5.69 Å². The highest BCUT2D eigenvalue weighted by Gasteiger charge is 2.22. The molecule has 1 aliphatic rings. The number of nitrogens with zero attached hydrogens (tertiary/aromatic N) is 3. The molecule has 5 rings (SSSR count). The van der Waals surface area contributed by atoms with Crippen LogP contribution in [0.4, 0.5) is 5.69 Å². The molecule has 1 aliphatic heterocycles. The van der Waals surface area contributed by atoms with Crippen LogP contribution in [0.3, 0.4) is 0 Å². The number of hydrogen-bond acceptors (Lipinski definition) is 3. The molecule has 0 bridgehead atoms. The first-order valence-electron chi connectivity index (χ1n) is 10.4. The van der Waals surface area contributed by atoms with Gasteiger partial charge in [0.05, 0.1) is 18.4 Å². The zero-order valence-corrected chi connectivity index (χ0v) is 17.2. The summed E-state index contributed by atoms with van der Waals surface area (Å²) in [6, 6.07) is 17.5. The first-order chi connectivity index (χ1) is 15.1. The van der Waals surface area contributed by atoms with E-state index < -0.39 is 0 Å². The van der Waals surface area contributed by atoms with Crippen molar-refractivity contribution in [2.45, 2.75) is 20.0 Å². The number of carbonyl (C=O) groups excluding carboxylic acids is 2. The fourth-order valence-corrected chi connectivity index (χ4v) is 4.00. The zero-order valence-electron chi connectivity index (χ0n) is 17.2. The summed E-state index contributed by atoms with van der Waals surface area (Å²) in [6.45, 7) is 4.12. The third-order valence-electron chi connectivity index (χ3n) is 5.58. The van der Waals surface area contributed by atoms with Gasteiger partial charge in [-0.1, -0.05) is 43.3 Å². The maximum Gasteiger partial charge on any atom is 0.267 e. The van der Waals surface area contributed by atoms with Crippen LogP contribution in [-0.2, 0) is 13.1 Å². The summed E-state index contributed by atoms with van der Waals surface area (Å²) < 4.78 is 3.80. The smallest absolute Gasteiger partial charge is 0.267 e. The summed E-state index contributed by atoms with van der Waals surface area (Å²) in [7, 11) is 0. The Morgan fingerprint density at radius 1 is 1.19 bits per heavy atom. The number of fused-ring (bicyclic) bond motifs is 3. The number of anilines is 1. The summed E-state index contributed by atoms with van der Waals surface area (Å²) in [5.41, 5.74) is 3.86. The highest BCUT2D eigenvalue weighted by atomic mass is 16.2. The van der Waals surface area contributed by atoms with Crippen molar-refractivity contribution in [3.8, 4) is 0 Å². The molecule has 0 aliphatic carbocycles. The third kappa shape index (κ3) is 3.82. The highest BCUT2D eigenvalue weighted by Crippen LogP contribution is 2.25. The number of aromatic nitrogens is 3. The third-order valence-corrected chi connectivity index (χ3v) is 5.58. The van der Waals surface area contributed by atoms with Gasteiger partial charge in [-0.15, -0.1) is 0 Å². The largest absolute Gasteiger partial charge is 0.350 e. The van der Waals surface area contributed by atoms with Crippen LogP contribution < -0.4 is 10.6 Å². The van der Waals surface area contributed by atoms with Gasteiger partial charge in [-0.05, 0) is 29.7 Å². The molecule has 2 aromatic carbocycles. The Hall–Kier alpha value is -3.87. The fourth-order valence-electron chi connectivity index (χ4n) is 4.00. The van der Waals surface area contributed by atoms with Crippen LogP contribution in [0.15, 0.2) is 67.0 Å². The topological polar surface area (TPSA) is 81.0 Å².